The third-order valence-electron chi connectivity index (χ3n) is 3.77. The first-order valence-corrected chi connectivity index (χ1v) is 7.76. The third kappa shape index (κ3) is 3.83. The van der Waals surface area contributed by atoms with Crippen LogP contribution in [0.5, 0.6) is 5.75 Å². The van der Waals surface area contributed by atoms with Crippen LogP contribution in [-0.2, 0) is 0 Å². The van der Waals surface area contributed by atoms with E-state index in [0.29, 0.717) is 16.9 Å². The van der Waals surface area contributed by atoms with Crippen molar-refractivity contribution in [2.45, 2.75) is 26.9 Å². The second kappa shape index (κ2) is 7.22. The maximum atomic E-state index is 13.2. The molecule has 0 saturated carbocycles. The lowest BCUT2D eigenvalue weighted by Gasteiger charge is -2.11. The lowest BCUT2D eigenvalue weighted by Crippen LogP contribution is -2.14. The van der Waals surface area contributed by atoms with Gasteiger partial charge >= 0.3 is 6.61 Å². The molecule has 142 valence electrons. The lowest BCUT2D eigenvalue weighted by atomic mass is 10.2. The molecule has 1 amide bonds. The van der Waals surface area contributed by atoms with Crippen molar-refractivity contribution in [2.24, 2.45) is 0 Å². The van der Waals surface area contributed by atoms with Crippen LogP contribution in [0.4, 0.5) is 23.2 Å². The van der Waals surface area contributed by atoms with Gasteiger partial charge in [0.1, 0.15) is 17.0 Å². The van der Waals surface area contributed by atoms with Gasteiger partial charge in [0.05, 0.1) is 6.20 Å². The Labute approximate surface area is 150 Å². The Bertz CT molecular complexity index is 1000. The van der Waals surface area contributed by atoms with Crippen molar-refractivity contribution in [3.63, 3.8) is 0 Å². The molecule has 2 aromatic heterocycles. The number of benzene rings is 1. The van der Waals surface area contributed by atoms with Crippen LogP contribution >= 0.6 is 0 Å². The summed E-state index contributed by atoms with van der Waals surface area (Å²) in [7, 11) is 0. The number of alkyl halides is 4. The Morgan fingerprint density at radius 2 is 1.93 bits per heavy atom. The number of nitrogens with zero attached hydrogens (tertiary/aromatic N) is 3. The average molecular weight is 382 g/mol. The van der Waals surface area contributed by atoms with Gasteiger partial charge in [-0.15, -0.1) is 0 Å². The van der Waals surface area contributed by atoms with Crippen LogP contribution in [0, 0.1) is 13.8 Å². The Kier molecular flexibility index (Phi) is 4.98. The van der Waals surface area contributed by atoms with E-state index >= 15 is 0 Å². The molecule has 3 rings (SSSR count). The van der Waals surface area contributed by atoms with Crippen molar-refractivity contribution < 1.29 is 27.1 Å². The highest BCUT2D eigenvalue weighted by atomic mass is 19.3. The molecule has 0 spiro atoms. The van der Waals surface area contributed by atoms with Gasteiger partial charge in [0.2, 0.25) is 0 Å². The standard InChI is InChI=1S/C17H14F4N4O2/c1-8-5-10(27-17(20)21)3-4-12(8)24-16(26)11-7-22-25-13(14(18)19)6-9(2)23-15(11)25/h3-7,14,17H,1-2H3,(H,24,26). The number of hydrogen-bond donors (Lipinski definition) is 1. The molecule has 0 aliphatic rings. The minimum absolute atomic E-state index is 0.00175. The molecule has 0 bridgehead atoms. The number of ether oxygens (including phenoxy) is 1. The molecule has 3 aromatic rings. The van der Waals surface area contributed by atoms with Crippen molar-refractivity contribution in [2.75, 3.05) is 5.32 Å². The molecule has 0 atom stereocenters. The molecule has 1 N–H and O–H groups in total. The van der Waals surface area contributed by atoms with Crippen LogP contribution in [0.25, 0.3) is 5.65 Å². The second-order valence-corrected chi connectivity index (χ2v) is 5.73. The highest BCUT2D eigenvalue weighted by Crippen LogP contribution is 2.25. The van der Waals surface area contributed by atoms with E-state index in [1.807, 2.05) is 0 Å². The molecule has 0 radical (unpaired) electrons. The van der Waals surface area contributed by atoms with Crippen LogP contribution in [0.2, 0.25) is 0 Å². The first-order chi connectivity index (χ1) is 12.8. The van der Waals surface area contributed by atoms with Crippen LogP contribution in [0.3, 0.4) is 0 Å². The predicted molar refractivity (Wildman–Crippen MR) is 88.4 cm³/mol. The Morgan fingerprint density at radius 3 is 2.56 bits per heavy atom. The fourth-order valence-electron chi connectivity index (χ4n) is 2.57. The van der Waals surface area contributed by atoms with E-state index in [1.54, 1.807) is 6.92 Å². The molecule has 0 saturated heterocycles. The number of carbonyl (C=O) groups is 1. The molecule has 0 unspecified atom stereocenters. The van der Waals surface area contributed by atoms with E-state index < -0.39 is 18.9 Å². The number of aryl methyl sites for hydroxylation is 2. The first-order valence-electron chi connectivity index (χ1n) is 7.76. The minimum Gasteiger partial charge on any atom is -0.435 e. The van der Waals surface area contributed by atoms with E-state index in [-0.39, 0.29) is 22.7 Å². The van der Waals surface area contributed by atoms with Crippen molar-refractivity contribution in [1.29, 1.82) is 0 Å². The molecule has 6 nitrogen and oxygen atoms in total. The van der Waals surface area contributed by atoms with Gasteiger partial charge in [0.25, 0.3) is 12.3 Å². The van der Waals surface area contributed by atoms with E-state index in [0.717, 1.165) is 10.7 Å². The topological polar surface area (TPSA) is 68.5 Å². The summed E-state index contributed by atoms with van der Waals surface area (Å²) in [6.45, 7) is 0.176. The van der Waals surface area contributed by atoms with Gasteiger partial charge in [-0.25, -0.2) is 18.3 Å². The number of fused-ring (bicyclic) bond motifs is 1. The van der Waals surface area contributed by atoms with Crippen molar-refractivity contribution in [1.82, 2.24) is 14.6 Å². The predicted octanol–water partition coefficient (Wildman–Crippen LogP) is 4.14. The molecule has 0 fully saturated rings. The van der Waals surface area contributed by atoms with Gasteiger partial charge in [-0.1, -0.05) is 0 Å². The van der Waals surface area contributed by atoms with Crippen LogP contribution in [-0.4, -0.2) is 27.1 Å². The number of rotatable bonds is 5. The summed E-state index contributed by atoms with van der Waals surface area (Å²) in [5.41, 5.74) is 0.780. The van der Waals surface area contributed by atoms with Gasteiger partial charge in [-0.05, 0) is 43.7 Å². The zero-order valence-electron chi connectivity index (χ0n) is 14.2. The molecule has 0 aliphatic heterocycles. The molecular weight excluding hydrogens is 368 g/mol. The van der Waals surface area contributed by atoms with E-state index in [1.165, 1.54) is 31.2 Å². The first kappa shape index (κ1) is 18.6. The number of carbonyl (C=O) groups excluding carboxylic acids is 1. The molecule has 1 aromatic carbocycles. The third-order valence-corrected chi connectivity index (χ3v) is 3.77. The molecule has 2 heterocycles. The SMILES string of the molecule is Cc1cc(C(F)F)n2ncc(C(=O)Nc3ccc(OC(F)F)cc3C)c2n1. The summed E-state index contributed by atoms with van der Waals surface area (Å²) in [5, 5.41) is 6.41. The number of hydrogen-bond acceptors (Lipinski definition) is 4. The highest BCUT2D eigenvalue weighted by molar-refractivity contribution is 6.08. The fourth-order valence-corrected chi connectivity index (χ4v) is 2.57. The maximum Gasteiger partial charge on any atom is 0.387 e. The Balaban J connectivity index is 1.91. The average Bonchev–Trinajstić information content (AvgIpc) is 2.99. The Hall–Kier alpha value is -3.17. The van der Waals surface area contributed by atoms with Crippen LogP contribution in [0.1, 0.15) is 33.7 Å². The zero-order chi connectivity index (χ0) is 19.7. The monoisotopic (exact) mass is 382 g/mol. The molecule has 10 heteroatoms. The second-order valence-electron chi connectivity index (χ2n) is 5.73. The number of nitrogens with one attached hydrogen (secondary N) is 1. The van der Waals surface area contributed by atoms with Crippen LogP contribution in [0.15, 0.2) is 30.5 Å². The highest BCUT2D eigenvalue weighted by Gasteiger charge is 2.20. The van der Waals surface area contributed by atoms with E-state index in [9.17, 15) is 22.4 Å². The number of anilines is 1. The van der Waals surface area contributed by atoms with Gasteiger partial charge in [0.15, 0.2) is 5.65 Å². The lowest BCUT2D eigenvalue weighted by molar-refractivity contribution is -0.0498. The summed E-state index contributed by atoms with van der Waals surface area (Å²) in [5.74, 6) is -0.663. The fraction of sp³-hybridized carbons (Fsp3) is 0.235. The van der Waals surface area contributed by atoms with Crippen LogP contribution < -0.4 is 10.1 Å². The van der Waals surface area contributed by atoms with Gasteiger partial charge in [-0.3, -0.25) is 4.79 Å². The quantitative estimate of drug-likeness (QED) is 0.674. The maximum absolute atomic E-state index is 13.2. The number of aromatic nitrogens is 3. The van der Waals surface area contributed by atoms with Gasteiger partial charge in [-0.2, -0.15) is 13.9 Å². The molecule has 0 aliphatic carbocycles. The zero-order valence-corrected chi connectivity index (χ0v) is 14.2. The summed E-state index contributed by atoms with van der Waals surface area (Å²) in [6.07, 6.45) is -1.64. The van der Waals surface area contributed by atoms with E-state index in [2.05, 4.69) is 20.1 Å². The largest absolute Gasteiger partial charge is 0.435 e. The van der Waals surface area contributed by atoms with E-state index in [4.69, 9.17) is 0 Å². The summed E-state index contributed by atoms with van der Waals surface area (Å²) in [6, 6.07) is 5.22. The van der Waals surface area contributed by atoms with Crippen molar-refractivity contribution in [3.8, 4) is 5.75 Å². The Morgan fingerprint density at radius 1 is 1.19 bits per heavy atom. The molecular formula is C17H14F4N4O2. The van der Waals surface area contributed by atoms with Crippen molar-refractivity contribution in [3.05, 3.63) is 53.0 Å². The van der Waals surface area contributed by atoms with Gasteiger partial charge < -0.3 is 10.1 Å². The summed E-state index contributed by atoms with van der Waals surface area (Å²) in [4.78, 5) is 16.7. The summed E-state index contributed by atoms with van der Waals surface area (Å²) >= 11 is 0. The molecule has 27 heavy (non-hydrogen) atoms. The summed E-state index contributed by atoms with van der Waals surface area (Å²) < 4.78 is 56.0. The minimum atomic E-state index is -2.96. The van der Waals surface area contributed by atoms with Crippen molar-refractivity contribution >= 4 is 17.2 Å². The number of amides is 1. The smallest absolute Gasteiger partial charge is 0.387 e. The number of halogens is 4. The normalized spacial score (nSPS) is 11.4. The van der Waals surface area contributed by atoms with Gasteiger partial charge in [0, 0.05) is 11.4 Å².